The topological polar surface area (TPSA) is 86.8 Å². The van der Waals surface area contributed by atoms with Crippen LogP contribution in [-0.2, 0) is 32.6 Å². The molecule has 3 aromatic rings. The molecule has 0 aromatic heterocycles. The number of nitrogens with one attached hydrogen (secondary N) is 1. The Bertz CT molecular complexity index is 1380. The van der Waals surface area contributed by atoms with Crippen molar-refractivity contribution in [2.45, 2.75) is 52.2 Å². The van der Waals surface area contributed by atoms with E-state index in [-0.39, 0.29) is 24.9 Å². The van der Waals surface area contributed by atoms with Crippen LogP contribution < -0.4 is 9.62 Å². The van der Waals surface area contributed by atoms with Gasteiger partial charge in [0.15, 0.2) is 0 Å². The highest BCUT2D eigenvalue weighted by molar-refractivity contribution is 9.10. The van der Waals surface area contributed by atoms with Gasteiger partial charge in [0, 0.05) is 23.5 Å². The maximum atomic E-state index is 14.1. The molecule has 39 heavy (non-hydrogen) atoms. The lowest BCUT2D eigenvalue weighted by atomic mass is 10.0. The fraction of sp³-hybridized carbons (Fsp3) is 0.333. The average molecular weight is 615 g/mol. The van der Waals surface area contributed by atoms with Crippen LogP contribution in [0.1, 0.15) is 37.0 Å². The van der Waals surface area contributed by atoms with Crippen LogP contribution >= 0.6 is 15.9 Å². The van der Waals surface area contributed by atoms with Crippen LogP contribution in [0.2, 0.25) is 0 Å². The highest BCUT2D eigenvalue weighted by Crippen LogP contribution is 2.28. The highest BCUT2D eigenvalue weighted by Gasteiger charge is 2.33. The molecule has 0 unspecified atom stereocenters. The van der Waals surface area contributed by atoms with Gasteiger partial charge in [0.05, 0.1) is 11.9 Å². The second kappa shape index (κ2) is 13.8. The fourth-order valence-electron chi connectivity index (χ4n) is 4.25. The number of nitrogens with zero attached hydrogens (tertiary/aromatic N) is 2. The van der Waals surface area contributed by atoms with Gasteiger partial charge in [-0.1, -0.05) is 79.2 Å². The van der Waals surface area contributed by atoms with Crippen molar-refractivity contribution < 1.29 is 18.0 Å². The summed E-state index contributed by atoms with van der Waals surface area (Å²) in [6.45, 7) is 5.57. The number of rotatable bonds is 12. The summed E-state index contributed by atoms with van der Waals surface area (Å²) < 4.78 is 27.4. The molecule has 2 amide bonds. The van der Waals surface area contributed by atoms with Gasteiger partial charge in [-0.25, -0.2) is 8.42 Å². The molecule has 3 rings (SSSR count). The number of sulfonamides is 1. The zero-order valence-electron chi connectivity index (χ0n) is 22.8. The Kier molecular flexibility index (Phi) is 10.7. The summed E-state index contributed by atoms with van der Waals surface area (Å²) in [5, 5.41) is 3.03. The van der Waals surface area contributed by atoms with Gasteiger partial charge < -0.3 is 10.2 Å². The lowest BCUT2D eigenvalue weighted by molar-refractivity contribution is -0.140. The molecule has 0 aliphatic rings. The number of anilines is 1. The second-order valence-corrected chi connectivity index (χ2v) is 12.5. The predicted molar refractivity (Wildman–Crippen MR) is 160 cm³/mol. The molecule has 0 bridgehead atoms. The molecule has 3 aromatic carbocycles. The molecule has 7 nitrogen and oxygen atoms in total. The van der Waals surface area contributed by atoms with Crippen LogP contribution in [-0.4, -0.2) is 50.0 Å². The minimum absolute atomic E-state index is 0.0838. The van der Waals surface area contributed by atoms with Crippen LogP contribution in [0.5, 0.6) is 0 Å². The van der Waals surface area contributed by atoms with Crippen LogP contribution in [0.25, 0.3) is 0 Å². The minimum atomic E-state index is -3.82. The first-order valence-corrected chi connectivity index (χ1v) is 15.5. The van der Waals surface area contributed by atoms with Gasteiger partial charge in [0.2, 0.25) is 21.8 Å². The van der Waals surface area contributed by atoms with E-state index in [9.17, 15) is 18.0 Å². The molecular weight excluding hydrogens is 578 g/mol. The molecular formula is C30H36BrN3O4S. The molecule has 0 heterocycles. The normalized spacial score (nSPS) is 12.8. The summed E-state index contributed by atoms with van der Waals surface area (Å²) >= 11 is 3.41. The van der Waals surface area contributed by atoms with Gasteiger partial charge in [0.25, 0.3) is 0 Å². The lowest BCUT2D eigenvalue weighted by Crippen LogP contribution is -2.54. The van der Waals surface area contributed by atoms with E-state index in [0.717, 1.165) is 33.7 Å². The molecule has 0 aliphatic carbocycles. The van der Waals surface area contributed by atoms with E-state index in [2.05, 4.69) is 21.2 Å². The number of hydrogen-bond acceptors (Lipinski definition) is 4. The Hall–Kier alpha value is -3.17. The number of hydrogen-bond donors (Lipinski definition) is 1. The summed E-state index contributed by atoms with van der Waals surface area (Å²) in [6, 6.07) is 23.2. The first kappa shape index (κ1) is 30.4. The van der Waals surface area contributed by atoms with Gasteiger partial charge in [-0.05, 0) is 59.5 Å². The largest absolute Gasteiger partial charge is 0.352 e. The third kappa shape index (κ3) is 8.66. The highest BCUT2D eigenvalue weighted by atomic mass is 79.9. The standard InChI is InChI=1S/C30H36BrN3O4S/c1-5-23(3)32-30(36)28(19-24-13-7-6-8-14-24)33(20-25-15-11-12-22(2)18-25)29(35)21-34(39(4,37)38)27-17-10-9-16-26(27)31/h6-18,23,28H,5,19-21H2,1-4H3,(H,32,36)/t23-,28+/m1/s1. The zero-order valence-corrected chi connectivity index (χ0v) is 25.2. The van der Waals surface area contributed by atoms with Crippen molar-refractivity contribution in [3.8, 4) is 0 Å². The summed E-state index contributed by atoms with van der Waals surface area (Å²) in [4.78, 5) is 29.3. The van der Waals surface area contributed by atoms with E-state index in [1.54, 1.807) is 24.3 Å². The number of amides is 2. The Morgan fingerprint density at radius 2 is 1.59 bits per heavy atom. The molecule has 9 heteroatoms. The molecule has 2 atom stereocenters. The first-order valence-electron chi connectivity index (χ1n) is 12.9. The van der Waals surface area contributed by atoms with Crippen LogP contribution in [0.4, 0.5) is 5.69 Å². The number of aryl methyl sites for hydroxylation is 1. The fourth-order valence-corrected chi connectivity index (χ4v) is 5.73. The summed E-state index contributed by atoms with van der Waals surface area (Å²) in [6.07, 6.45) is 2.09. The van der Waals surface area contributed by atoms with Crippen LogP contribution in [0, 0.1) is 6.92 Å². The second-order valence-electron chi connectivity index (χ2n) is 9.76. The van der Waals surface area contributed by atoms with Gasteiger partial charge in [-0.15, -0.1) is 0 Å². The van der Waals surface area contributed by atoms with Crippen molar-refractivity contribution >= 4 is 43.5 Å². The Balaban J connectivity index is 2.07. The van der Waals surface area contributed by atoms with E-state index in [1.807, 2.05) is 75.4 Å². The average Bonchev–Trinajstić information content (AvgIpc) is 2.89. The molecule has 0 fully saturated rings. The van der Waals surface area contributed by atoms with Crippen molar-refractivity contribution in [3.05, 3.63) is 100 Å². The van der Waals surface area contributed by atoms with E-state index in [1.165, 1.54) is 4.90 Å². The number of halogens is 1. The predicted octanol–water partition coefficient (Wildman–Crippen LogP) is 5.08. The van der Waals surface area contributed by atoms with E-state index in [4.69, 9.17) is 0 Å². The smallest absolute Gasteiger partial charge is 0.244 e. The van der Waals surface area contributed by atoms with Crippen molar-refractivity contribution in [2.24, 2.45) is 0 Å². The molecule has 0 saturated carbocycles. The zero-order chi connectivity index (χ0) is 28.6. The number of carbonyl (C=O) groups is 2. The maximum Gasteiger partial charge on any atom is 0.244 e. The summed E-state index contributed by atoms with van der Waals surface area (Å²) in [5.74, 6) is -0.751. The van der Waals surface area contributed by atoms with E-state index < -0.39 is 28.5 Å². The van der Waals surface area contributed by atoms with Crippen molar-refractivity contribution in [1.29, 1.82) is 0 Å². The van der Waals surface area contributed by atoms with Crippen molar-refractivity contribution in [1.82, 2.24) is 10.2 Å². The van der Waals surface area contributed by atoms with Crippen molar-refractivity contribution in [2.75, 3.05) is 17.1 Å². The van der Waals surface area contributed by atoms with Crippen molar-refractivity contribution in [3.63, 3.8) is 0 Å². The third-order valence-electron chi connectivity index (χ3n) is 6.51. The Labute approximate surface area is 240 Å². The van der Waals surface area contributed by atoms with Gasteiger partial charge in [-0.3, -0.25) is 13.9 Å². The van der Waals surface area contributed by atoms with Crippen LogP contribution in [0.3, 0.4) is 0 Å². The minimum Gasteiger partial charge on any atom is -0.352 e. The lowest BCUT2D eigenvalue weighted by Gasteiger charge is -2.34. The monoisotopic (exact) mass is 613 g/mol. The van der Waals surface area contributed by atoms with Gasteiger partial charge in [0.1, 0.15) is 12.6 Å². The molecule has 0 aliphatic heterocycles. The summed E-state index contributed by atoms with van der Waals surface area (Å²) in [5.41, 5.74) is 3.13. The number of carbonyl (C=O) groups excluding carboxylic acids is 2. The van der Waals surface area contributed by atoms with Gasteiger partial charge >= 0.3 is 0 Å². The third-order valence-corrected chi connectivity index (χ3v) is 8.30. The number of para-hydroxylation sites is 1. The van der Waals surface area contributed by atoms with Gasteiger partial charge in [-0.2, -0.15) is 0 Å². The number of benzene rings is 3. The Morgan fingerprint density at radius 1 is 0.949 bits per heavy atom. The maximum absolute atomic E-state index is 14.1. The Morgan fingerprint density at radius 3 is 2.21 bits per heavy atom. The summed E-state index contributed by atoms with van der Waals surface area (Å²) in [7, 11) is -3.82. The molecule has 208 valence electrons. The van der Waals surface area contributed by atoms with E-state index in [0.29, 0.717) is 10.2 Å². The first-order chi connectivity index (χ1) is 18.5. The SMILES string of the molecule is CC[C@@H](C)NC(=O)[C@H](Cc1ccccc1)N(Cc1cccc(C)c1)C(=O)CN(c1ccccc1Br)S(C)(=O)=O. The molecule has 0 saturated heterocycles. The quantitative estimate of drug-likeness (QED) is 0.309. The van der Waals surface area contributed by atoms with Crippen LogP contribution in [0.15, 0.2) is 83.3 Å². The molecule has 0 spiro atoms. The van der Waals surface area contributed by atoms with E-state index >= 15 is 0 Å². The molecule has 0 radical (unpaired) electrons. The molecule has 1 N–H and O–H groups in total.